The fourth-order valence-electron chi connectivity index (χ4n) is 7.44. The van der Waals surface area contributed by atoms with Crippen molar-refractivity contribution in [1.82, 2.24) is 0 Å². The van der Waals surface area contributed by atoms with Crippen LogP contribution in [0, 0.1) is 0 Å². The molecule has 59 heavy (non-hydrogen) atoms. The zero-order chi connectivity index (χ0) is 45.1. The third-order valence-corrected chi connectivity index (χ3v) is 11.1. The highest BCUT2D eigenvalue weighted by Crippen LogP contribution is 2.45. The molecule has 6 N–H and O–H groups in total. The van der Waals surface area contributed by atoms with Crippen LogP contribution in [0.1, 0.15) is 154 Å². The molecule has 0 aliphatic heterocycles. The van der Waals surface area contributed by atoms with E-state index in [4.69, 9.17) is 14.9 Å². The summed E-state index contributed by atoms with van der Waals surface area (Å²) in [7, 11) is 0. The van der Waals surface area contributed by atoms with Gasteiger partial charge in [-0.1, -0.05) is 145 Å². The molecule has 0 saturated carbocycles. The largest absolute Gasteiger partial charge is 0.508 e. The van der Waals surface area contributed by atoms with Crippen molar-refractivity contribution in [3.8, 4) is 23.0 Å². The molecule has 0 heterocycles. The van der Waals surface area contributed by atoms with Crippen LogP contribution in [0.5, 0.6) is 23.0 Å². The van der Waals surface area contributed by atoms with Gasteiger partial charge < -0.3 is 35.4 Å². The van der Waals surface area contributed by atoms with E-state index in [1.54, 1.807) is 48.5 Å². The molecule has 0 amide bonds. The molecule has 322 valence electrons. The van der Waals surface area contributed by atoms with Crippen LogP contribution in [0.25, 0.3) is 0 Å². The van der Waals surface area contributed by atoms with E-state index < -0.39 is 44.4 Å². The summed E-state index contributed by atoms with van der Waals surface area (Å²) in [5.74, 6) is -0.886. The van der Waals surface area contributed by atoms with Gasteiger partial charge in [-0.3, -0.25) is 9.59 Å². The molecule has 0 saturated heterocycles. The Morgan fingerprint density at radius 2 is 0.610 bits per heavy atom. The van der Waals surface area contributed by atoms with Gasteiger partial charge in [-0.05, 0) is 90.4 Å². The number of carbonyl (C=O) groups is 2. The number of phenols is 4. The molecule has 0 spiro atoms. The van der Waals surface area contributed by atoms with E-state index in [0.29, 0.717) is 22.3 Å². The Balaban J connectivity index is 0.00000222. The fraction of sp³-hybridized carbons (Fsp3) is 0.480. The predicted molar refractivity (Wildman–Crippen MR) is 235 cm³/mol. The zero-order valence-electron chi connectivity index (χ0n) is 37.7. The Morgan fingerprint density at radius 1 is 0.407 bits per heavy atom. The van der Waals surface area contributed by atoms with E-state index in [9.17, 15) is 30.0 Å². The molecule has 9 heteroatoms. The van der Waals surface area contributed by atoms with E-state index in [2.05, 4.69) is 0 Å². The number of phenolic OH excluding ortho intramolecular Hbond substituents is 4. The maximum atomic E-state index is 14.1. The van der Waals surface area contributed by atoms with Crippen molar-refractivity contribution in [1.29, 1.82) is 0 Å². The van der Waals surface area contributed by atoms with Crippen LogP contribution < -0.4 is 0 Å². The number of hydrogen-bond donors (Lipinski definition) is 6. The Hall–Kier alpha value is -4.86. The second kappa shape index (κ2) is 17.8. The van der Waals surface area contributed by atoms with Gasteiger partial charge in [0.2, 0.25) is 0 Å². The van der Waals surface area contributed by atoms with Crippen molar-refractivity contribution < 1.29 is 45.0 Å². The molecule has 4 aromatic carbocycles. The summed E-state index contributed by atoms with van der Waals surface area (Å²) in [5.41, 5.74) is 2.11. The van der Waals surface area contributed by atoms with Crippen LogP contribution >= 0.6 is 0 Å². The molecular formula is C50H68O9. The van der Waals surface area contributed by atoms with E-state index in [0.717, 1.165) is 22.3 Å². The van der Waals surface area contributed by atoms with Gasteiger partial charge in [-0.25, -0.2) is 0 Å². The Bertz CT molecular complexity index is 1840. The predicted octanol–water partition coefficient (Wildman–Crippen LogP) is 9.83. The lowest BCUT2D eigenvalue weighted by molar-refractivity contribution is -0.160. The third-order valence-electron chi connectivity index (χ3n) is 11.1. The highest BCUT2D eigenvalue weighted by Gasteiger charge is 2.39. The first-order valence-electron chi connectivity index (χ1n) is 20.2. The fourth-order valence-corrected chi connectivity index (χ4v) is 7.44. The van der Waals surface area contributed by atoms with Crippen molar-refractivity contribution in [2.45, 2.75) is 142 Å². The summed E-state index contributed by atoms with van der Waals surface area (Å²) in [4.78, 5) is 28.2. The van der Waals surface area contributed by atoms with E-state index >= 15 is 0 Å². The zero-order valence-corrected chi connectivity index (χ0v) is 37.7. The van der Waals surface area contributed by atoms with Gasteiger partial charge >= 0.3 is 11.9 Å². The molecule has 0 unspecified atom stereocenters. The van der Waals surface area contributed by atoms with Crippen LogP contribution in [-0.2, 0) is 46.8 Å². The van der Waals surface area contributed by atoms with Crippen molar-refractivity contribution in [3.05, 3.63) is 117 Å². The normalized spacial score (nSPS) is 12.7. The average Bonchev–Trinajstić information content (AvgIpc) is 3.10. The smallest absolute Gasteiger partial charge is 0.314 e. The Morgan fingerprint density at radius 3 is 0.780 bits per heavy atom. The van der Waals surface area contributed by atoms with Crippen molar-refractivity contribution in [2.24, 2.45) is 0 Å². The van der Waals surface area contributed by atoms with Gasteiger partial charge in [-0.2, -0.15) is 0 Å². The third kappa shape index (κ3) is 11.5. The summed E-state index contributed by atoms with van der Waals surface area (Å²) in [6, 6.07) is 21.3. The van der Waals surface area contributed by atoms with Gasteiger partial charge in [0.25, 0.3) is 0 Å². The van der Waals surface area contributed by atoms with Gasteiger partial charge in [-0.15, -0.1) is 0 Å². The maximum absolute atomic E-state index is 14.1. The number of carbonyl (C=O) groups excluding carboxylic acids is 2. The first kappa shape index (κ1) is 48.5. The standard InChI is InChI=1S/C48H62O7.C2H6O2/c1-43(2,3)33-23-29(15-19-37(33)49)47(13,30-16-20-38(50)34(24-30)44(4,5)6)27-41(53)55-42(54)28-48(14,31-17-21-39(51)35(25-31)45(7,8)9)32-18-22-40(52)36(26-32)46(10,11)12;3-1-2-4/h15-26,49-52H,27-28H2,1-14H3;3-4H,1-2H2. The summed E-state index contributed by atoms with van der Waals surface area (Å²) in [6.07, 6.45) is -0.419. The van der Waals surface area contributed by atoms with Crippen molar-refractivity contribution in [2.75, 3.05) is 13.2 Å². The molecule has 0 fully saturated rings. The van der Waals surface area contributed by atoms with Gasteiger partial charge in [0.15, 0.2) is 0 Å². The topological polar surface area (TPSA) is 165 Å². The van der Waals surface area contributed by atoms with E-state index in [-0.39, 0.29) is 49.1 Å². The molecule has 0 aliphatic rings. The molecular weight excluding hydrogens is 745 g/mol. The summed E-state index contributed by atoms with van der Waals surface area (Å²) >= 11 is 0. The van der Waals surface area contributed by atoms with Crippen molar-refractivity contribution >= 4 is 11.9 Å². The van der Waals surface area contributed by atoms with Crippen LogP contribution in [0.2, 0.25) is 0 Å². The molecule has 0 aromatic heterocycles. The lowest BCUT2D eigenvalue weighted by Gasteiger charge is -2.34. The minimum absolute atomic E-state index is 0.125. The van der Waals surface area contributed by atoms with Gasteiger partial charge in [0, 0.05) is 10.8 Å². The first-order chi connectivity index (χ1) is 26.9. The molecule has 4 aromatic rings. The average molecular weight is 813 g/mol. The maximum Gasteiger partial charge on any atom is 0.314 e. The number of aliphatic hydroxyl groups excluding tert-OH is 2. The Labute approximate surface area is 351 Å². The lowest BCUT2D eigenvalue weighted by atomic mass is 9.70. The SMILES string of the molecule is CC(C)(C)c1cc(C(C)(CC(=O)OC(=O)CC(C)(c2ccc(O)c(C(C)(C)C)c2)c2ccc(O)c(C(C)(C)C)c2)c2ccc(O)c(C(C)(C)C)c2)ccc1O.OCCO. The van der Waals surface area contributed by atoms with Crippen LogP contribution in [0.15, 0.2) is 72.8 Å². The second-order valence-corrected chi connectivity index (χ2v) is 20.2. The number of benzene rings is 4. The summed E-state index contributed by atoms with van der Waals surface area (Å²) in [5, 5.41) is 58.6. The van der Waals surface area contributed by atoms with Crippen molar-refractivity contribution in [3.63, 3.8) is 0 Å². The highest BCUT2D eigenvalue weighted by molar-refractivity contribution is 5.87. The van der Waals surface area contributed by atoms with Crippen LogP contribution in [-0.4, -0.2) is 55.8 Å². The minimum Gasteiger partial charge on any atom is -0.508 e. The van der Waals surface area contributed by atoms with E-state index in [1.807, 2.05) is 121 Å². The number of rotatable bonds is 9. The molecule has 0 radical (unpaired) electrons. The van der Waals surface area contributed by atoms with Crippen LogP contribution in [0.4, 0.5) is 0 Å². The minimum atomic E-state index is -1.03. The number of aliphatic hydroxyl groups is 2. The summed E-state index contributed by atoms with van der Waals surface area (Å²) in [6.45, 7) is 27.6. The molecule has 0 bridgehead atoms. The molecule has 4 rings (SSSR count). The van der Waals surface area contributed by atoms with Gasteiger partial charge in [0.05, 0.1) is 26.1 Å². The number of ether oxygens (including phenoxy) is 1. The Kier molecular flexibility index (Phi) is 14.6. The molecule has 9 nitrogen and oxygen atoms in total. The molecule has 0 aliphatic carbocycles. The first-order valence-corrected chi connectivity index (χ1v) is 20.2. The quantitative estimate of drug-likeness (QED) is 0.0713. The molecule has 0 atom stereocenters. The summed E-state index contributed by atoms with van der Waals surface area (Å²) < 4.78 is 5.74. The number of esters is 2. The number of hydrogen-bond acceptors (Lipinski definition) is 9. The number of aromatic hydroxyl groups is 4. The monoisotopic (exact) mass is 812 g/mol. The van der Waals surface area contributed by atoms with E-state index in [1.165, 1.54) is 0 Å². The van der Waals surface area contributed by atoms with Crippen LogP contribution in [0.3, 0.4) is 0 Å². The lowest BCUT2D eigenvalue weighted by Crippen LogP contribution is -2.33. The van der Waals surface area contributed by atoms with Gasteiger partial charge in [0.1, 0.15) is 23.0 Å². The second-order valence-electron chi connectivity index (χ2n) is 20.2. The highest BCUT2D eigenvalue weighted by atomic mass is 16.6.